The van der Waals surface area contributed by atoms with Crippen molar-refractivity contribution in [2.24, 2.45) is 0 Å². The van der Waals surface area contributed by atoms with Crippen molar-refractivity contribution in [3.63, 3.8) is 0 Å². The predicted molar refractivity (Wildman–Crippen MR) is 373 cm³/mol. The van der Waals surface area contributed by atoms with E-state index in [1.807, 2.05) is 22.7 Å². The van der Waals surface area contributed by atoms with E-state index < -0.39 is 10.8 Å². The van der Waals surface area contributed by atoms with Crippen LogP contribution in [0.25, 0.3) is 43.9 Å². The fraction of sp³-hybridized carbons (Fsp3) is 0.0244. The lowest BCUT2D eigenvalue weighted by Crippen LogP contribution is -2.47. The smallest absolute Gasteiger partial charge is 0.159 e. The molecule has 4 aromatic heterocycles. The molecule has 0 N–H and O–H groups in total. The normalized spacial score (nSPS) is 13.9. The van der Waals surface area contributed by atoms with Gasteiger partial charge in [0.05, 0.1) is 45.0 Å². The largest absolute Gasteiger partial charge is 0.454 e. The first kappa shape index (κ1) is 50.9. The van der Waals surface area contributed by atoms with Crippen LogP contribution in [0.1, 0.15) is 43.1 Å². The highest BCUT2D eigenvalue weighted by molar-refractivity contribution is 7.18. The van der Waals surface area contributed by atoms with E-state index in [4.69, 9.17) is 8.83 Å². The molecule has 0 saturated carbocycles. The standard InChI is InChI=1S/C82H52N4O2S2/c1-5-27-53(28-6-1)83-67-43-19-15-39-61(67)81(62-40-16-20-44-68(62)83)65-51-75(85(55-31-9-3-10-32-55)71-47-25-37-59-57-35-13-23-49-73(57)87-77(59)71)90-80(65)82(63-41-17-21-45-69(63)84(54-29-7-2-8-30-54)70-46-22-18-42-64(70)82)66-52-76(89-79(66)81)86(56-33-11-4-12-34-56)72-48-26-38-60-58-36-14-24-50-74(58)88-78(60)72/h1-52H. The van der Waals surface area contributed by atoms with Crippen LogP contribution in [0.4, 0.5) is 66.9 Å². The van der Waals surface area contributed by atoms with Crippen LogP contribution >= 0.6 is 22.7 Å². The van der Waals surface area contributed by atoms with Gasteiger partial charge in [-0.1, -0.05) is 206 Å². The lowest BCUT2D eigenvalue weighted by molar-refractivity contribution is 0.634. The Morgan fingerprint density at radius 3 is 0.967 bits per heavy atom. The molecule has 6 heterocycles. The van der Waals surface area contributed by atoms with E-state index in [1.165, 1.54) is 43.1 Å². The van der Waals surface area contributed by atoms with Crippen molar-refractivity contribution in [1.29, 1.82) is 0 Å². The SMILES string of the molecule is c1ccc(N2c3ccccc3C3(c4ccccc42)c2cc(N(c4ccccc4)c4cccc5c4oc4ccccc45)sc2C2(c4ccccc4N(c4ccccc4)c4ccccc42)c2cc(N(c4ccccc4)c4cccc5c4oc4ccccc45)sc23)cc1. The summed E-state index contributed by atoms with van der Waals surface area (Å²) in [5.74, 6) is 0. The Balaban J connectivity index is 1.00. The van der Waals surface area contributed by atoms with Crippen molar-refractivity contribution < 1.29 is 8.83 Å². The second kappa shape index (κ2) is 19.7. The van der Waals surface area contributed by atoms with Gasteiger partial charge in [-0.2, -0.15) is 0 Å². The monoisotopic (exact) mass is 1190 g/mol. The first-order valence-electron chi connectivity index (χ1n) is 30.6. The van der Waals surface area contributed by atoms with Crippen molar-refractivity contribution in [2.45, 2.75) is 10.8 Å². The van der Waals surface area contributed by atoms with Gasteiger partial charge in [0.2, 0.25) is 0 Å². The van der Waals surface area contributed by atoms with Crippen LogP contribution in [-0.4, -0.2) is 0 Å². The number of anilines is 12. The minimum atomic E-state index is -0.923. The predicted octanol–water partition coefficient (Wildman–Crippen LogP) is 23.2. The molecule has 0 amide bonds. The summed E-state index contributed by atoms with van der Waals surface area (Å²) >= 11 is 3.80. The minimum absolute atomic E-state index is 0.835. The molecule has 0 fully saturated rings. The quantitative estimate of drug-likeness (QED) is 0.151. The molecule has 8 heteroatoms. The number of nitrogens with zero attached hydrogens (tertiary/aromatic N) is 4. The summed E-state index contributed by atoms with van der Waals surface area (Å²) in [4.78, 5) is 12.4. The summed E-state index contributed by atoms with van der Waals surface area (Å²) in [6.45, 7) is 0. The second-order valence-corrected chi connectivity index (χ2v) is 25.5. The van der Waals surface area contributed by atoms with Crippen LogP contribution in [0.5, 0.6) is 0 Å². The third-order valence-corrected chi connectivity index (χ3v) is 21.3. The summed E-state index contributed by atoms with van der Waals surface area (Å²) in [6.07, 6.45) is 0. The maximum Gasteiger partial charge on any atom is 0.159 e. The number of thiophene rings is 2. The molecule has 19 rings (SSSR count). The number of benzene rings is 12. The molecule has 90 heavy (non-hydrogen) atoms. The van der Waals surface area contributed by atoms with Gasteiger partial charge in [-0.15, -0.1) is 22.7 Å². The number of furan rings is 2. The van der Waals surface area contributed by atoms with E-state index in [9.17, 15) is 0 Å². The van der Waals surface area contributed by atoms with Gasteiger partial charge in [-0.25, -0.2) is 0 Å². The molecular formula is C82H52N4O2S2. The van der Waals surface area contributed by atoms with Crippen LogP contribution in [0.3, 0.4) is 0 Å². The van der Waals surface area contributed by atoms with Crippen LogP contribution < -0.4 is 19.6 Å². The van der Waals surface area contributed by atoms with Gasteiger partial charge >= 0.3 is 0 Å². The first-order valence-corrected chi connectivity index (χ1v) is 32.2. The maximum atomic E-state index is 7.06. The van der Waals surface area contributed by atoms with Crippen LogP contribution in [-0.2, 0) is 10.8 Å². The van der Waals surface area contributed by atoms with E-state index in [0.29, 0.717) is 0 Å². The Morgan fingerprint density at radius 1 is 0.278 bits per heavy atom. The Hall–Kier alpha value is -11.2. The Kier molecular flexibility index (Phi) is 11.1. The van der Waals surface area contributed by atoms with Gasteiger partial charge in [-0.05, 0) is 143 Å². The number of hydrogen-bond acceptors (Lipinski definition) is 8. The Morgan fingerprint density at radius 2 is 0.589 bits per heavy atom. The summed E-state index contributed by atoms with van der Waals surface area (Å²) in [6, 6.07) is 116. The topological polar surface area (TPSA) is 39.2 Å². The average Bonchev–Trinajstić information content (AvgIpc) is 1.28. The molecular weight excluding hydrogens is 1140 g/mol. The van der Waals surface area contributed by atoms with Gasteiger partial charge < -0.3 is 18.6 Å². The van der Waals surface area contributed by atoms with E-state index in [1.54, 1.807) is 0 Å². The van der Waals surface area contributed by atoms with Crippen LogP contribution in [0.2, 0.25) is 0 Å². The summed E-state index contributed by atoms with van der Waals surface area (Å²) in [5.41, 5.74) is 19.4. The summed E-state index contributed by atoms with van der Waals surface area (Å²) < 4.78 is 14.1. The number of hydrogen-bond donors (Lipinski definition) is 0. The summed E-state index contributed by atoms with van der Waals surface area (Å²) in [7, 11) is 0. The lowest BCUT2D eigenvalue weighted by atomic mass is 9.53. The third-order valence-electron chi connectivity index (χ3n) is 18.9. The molecule has 0 atom stereocenters. The number of fused-ring (bicyclic) bond motifs is 20. The van der Waals surface area contributed by atoms with Gasteiger partial charge in [0.25, 0.3) is 0 Å². The highest BCUT2D eigenvalue weighted by Crippen LogP contribution is 2.72. The number of para-hydroxylation sites is 12. The third kappa shape index (κ3) is 7.02. The second-order valence-electron chi connectivity index (χ2n) is 23.4. The lowest BCUT2D eigenvalue weighted by Gasteiger charge is -2.53. The Bertz CT molecular complexity index is 5010. The molecule has 0 saturated heterocycles. The van der Waals surface area contributed by atoms with Crippen molar-refractivity contribution in [1.82, 2.24) is 0 Å². The van der Waals surface area contributed by atoms with Crippen molar-refractivity contribution in [3.8, 4) is 0 Å². The molecule has 3 aliphatic rings. The zero-order valence-corrected chi connectivity index (χ0v) is 50.1. The van der Waals surface area contributed by atoms with Crippen LogP contribution in [0.15, 0.2) is 324 Å². The molecule has 6 nitrogen and oxygen atoms in total. The van der Waals surface area contributed by atoms with Gasteiger partial charge in [0.15, 0.2) is 11.2 Å². The van der Waals surface area contributed by atoms with Gasteiger partial charge in [0, 0.05) is 54.0 Å². The highest BCUT2D eigenvalue weighted by atomic mass is 32.1. The maximum absolute atomic E-state index is 7.06. The molecule has 1 aliphatic carbocycles. The molecule has 12 aromatic carbocycles. The van der Waals surface area contributed by atoms with E-state index in [2.05, 4.69) is 335 Å². The molecule has 2 aliphatic heterocycles. The summed E-state index contributed by atoms with van der Waals surface area (Å²) in [5, 5.41) is 6.45. The molecule has 0 bridgehead atoms. The van der Waals surface area contributed by atoms with Gasteiger partial charge in [0.1, 0.15) is 21.2 Å². The first-order chi connectivity index (χ1) is 44.7. The average molecular weight is 1190 g/mol. The van der Waals surface area contributed by atoms with Crippen LogP contribution in [0, 0.1) is 0 Å². The van der Waals surface area contributed by atoms with E-state index >= 15 is 0 Å². The fourth-order valence-corrected chi connectivity index (χ4v) is 18.3. The molecule has 424 valence electrons. The van der Waals surface area contributed by atoms with Gasteiger partial charge in [-0.3, -0.25) is 9.80 Å². The number of rotatable bonds is 8. The fourth-order valence-electron chi connectivity index (χ4n) is 15.3. The van der Waals surface area contributed by atoms with Crippen molar-refractivity contribution in [2.75, 3.05) is 19.6 Å². The van der Waals surface area contributed by atoms with E-state index in [0.717, 1.165) is 111 Å². The van der Waals surface area contributed by atoms with E-state index in [-0.39, 0.29) is 0 Å². The Labute approximate surface area is 527 Å². The minimum Gasteiger partial charge on any atom is -0.454 e. The molecule has 0 unspecified atom stereocenters. The molecule has 16 aromatic rings. The van der Waals surface area contributed by atoms with Crippen molar-refractivity contribution >= 4 is 133 Å². The molecule has 0 radical (unpaired) electrons. The molecule has 2 spiro atoms. The zero-order chi connectivity index (χ0) is 59.1. The highest BCUT2D eigenvalue weighted by Gasteiger charge is 2.62. The zero-order valence-electron chi connectivity index (χ0n) is 48.4. The van der Waals surface area contributed by atoms with Crippen molar-refractivity contribution in [3.05, 3.63) is 359 Å².